The molecule has 0 saturated heterocycles. The van der Waals surface area contributed by atoms with E-state index in [4.69, 9.17) is 0 Å². The zero-order valence-electron chi connectivity index (χ0n) is 11.3. The monoisotopic (exact) mass is 302 g/mol. The largest absolute Gasteiger partial charge is 0.299 e. The molecule has 0 aliphatic rings. The van der Waals surface area contributed by atoms with Crippen LogP contribution in [-0.2, 0) is 0 Å². The van der Waals surface area contributed by atoms with Crippen molar-refractivity contribution in [1.29, 1.82) is 0 Å². The van der Waals surface area contributed by atoms with Crippen LogP contribution in [0.15, 0.2) is 59.1 Å². The second-order valence-corrected chi connectivity index (χ2v) is 5.81. The van der Waals surface area contributed by atoms with Crippen molar-refractivity contribution in [2.24, 2.45) is 0 Å². The van der Waals surface area contributed by atoms with Crippen LogP contribution in [0.4, 0.5) is 8.78 Å². The molecule has 0 amide bonds. The summed E-state index contributed by atoms with van der Waals surface area (Å²) in [6.45, 7) is 5.78. The van der Waals surface area contributed by atoms with Gasteiger partial charge in [0.15, 0.2) is 0 Å². The van der Waals surface area contributed by atoms with Crippen molar-refractivity contribution >= 4 is 22.9 Å². The van der Waals surface area contributed by atoms with Crippen molar-refractivity contribution in [3.8, 4) is 0 Å². The van der Waals surface area contributed by atoms with Gasteiger partial charge in [-0.3, -0.25) is 4.40 Å². The summed E-state index contributed by atoms with van der Waals surface area (Å²) in [5, 5.41) is 0. The summed E-state index contributed by atoms with van der Waals surface area (Å²) < 4.78 is 28.5. The van der Waals surface area contributed by atoms with Crippen molar-refractivity contribution in [3.05, 3.63) is 66.8 Å². The van der Waals surface area contributed by atoms with E-state index in [0.29, 0.717) is 4.90 Å². The molecule has 3 rings (SSSR count). The molecule has 106 valence electrons. The first-order valence-electron chi connectivity index (χ1n) is 6.30. The Labute approximate surface area is 125 Å². The third kappa shape index (κ3) is 2.69. The molecule has 0 aliphatic carbocycles. The Kier molecular flexibility index (Phi) is 3.51. The van der Waals surface area contributed by atoms with E-state index in [0.717, 1.165) is 27.9 Å². The minimum absolute atomic E-state index is 0.382. The van der Waals surface area contributed by atoms with Gasteiger partial charge in [0.25, 0.3) is 0 Å². The maximum absolute atomic E-state index is 13.7. The summed E-state index contributed by atoms with van der Waals surface area (Å²) >= 11 is 1.24. The zero-order chi connectivity index (χ0) is 15.0. The van der Waals surface area contributed by atoms with Gasteiger partial charge in [-0.15, -0.1) is 0 Å². The van der Waals surface area contributed by atoms with Gasteiger partial charge in [-0.2, -0.15) is 0 Å². The minimum atomic E-state index is -0.577. The quantitative estimate of drug-likeness (QED) is 0.691. The molecule has 0 spiro atoms. The molecule has 0 unspecified atom stereocenters. The molecular formula is C16H12F2N2S. The molecular weight excluding hydrogens is 290 g/mol. The molecule has 0 N–H and O–H groups in total. The topological polar surface area (TPSA) is 17.3 Å². The highest BCUT2D eigenvalue weighted by atomic mass is 32.2. The van der Waals surface area contributed by atoms with E-state index < -0.39 is 11.6 Å². The SMILES string of the molecule is C=C(C)c1ncc2ccc(Sc3ccc(F)cc3F)cn12. The average molecular weight is 302 g/mol. The van der Waals surface area contributed by atoms with Gasteiger partial charge in [-0.25, -0.2) is 13.8 Å². The molecule has 1 aromatic carbocycles. The lowest BCUT2D eigenvalue weighted by Crippen LogP contribution is -1.92. The number of nitrogens with zero attached hydrogens (tertiary/aromatic N) is 2. The summed E-state index contributed by atoms with van der Waals surface area (Å²) in [4.78, 5) is 5.53. The standard InChI is InChI=1S/C16H12F2N2S/c1-10(2)16-19-8-12-4-5-13(9-20(12)16)21-15-6-3-11(17)7-14(15)18/h3-9H,1H2,2H3. The van der Waals surface area contributed by atoms with Crippen molar-refractivity contribution in [2.45, 2.75) is 16.7 Å². The third-order valence-electron chi connectivity index (χ3n) is 3.00. The summed E-state index contributed by atoms with van der Waals surface area (Å²) in [5.74, 6) is -0.371. The number of pyridine rings is 1. The van der Waals surface area contributed by atoms with E-state index in [1.54, 1.807) is 6.20 Å². The Morgan fingerprint density at radius 3 is 2.76 bits per heavy atom. The lowest BCUT2D eigenvalue weighted by atomic mass is 10.3. The van der Waals surface area contributed by atoms with Crippen molar-refractivity contribution in [1.82, 2.24) is 9.38 Å². The molecule has 2 heterocycles. The number of rotatable bonds is 3. The van der Waals surface area contributed by atoms with Gasteiger partial charge in [-0.05, 0) is 36.8 Å². The highest BCUT2D eigenvalue weighted by Gasteiger charge is 2.08. The number of allylic oxidation sites excluding steroid dienone is 1. The summed E-state index contributed by atoms with van der Waals surface area (Å²) in [6, 6.07) is 7.36. The molecule has 0 atom stereocenters. The van der Waals surface area contributed by atoms with Gasteiger partial charge in [0.2, 0.25) is 0 Å². The van der Waals surface area contributed by atoms with Crippen LogP contribution in [0.1, 0.15) is 12.7 Å². The number of hydrogen-bond acceptors (Lipinski definition) is 2. The third-order valence-corrected chi connectivity index (χ3v) is 4.03. The Morgan fingerprint density at radius 1 is 1.24 bits per heavy atom. The molecule has 0 bridgehead atoms. The van der Waals surface area contributed by atoms with Crippen LogP contribution in [0.5, 0.6) is 0 Å². The van der Waals surface area contributed by atoms with Crippen LogP contribution in [-0.4, -0.2) is 9.38 Å². The Hall–Kier alpha value is -2.14. The molecule has 21 heavy (non-hydrogen) atoms. The smallest absolute Gasteiger partial charge is 0.140 e. The molecule has 0 aliphatic heterocycles. The highest BCUT2D eigenvalue weighted by Crippen LogP contribution is 2.30. The normalized spacial score (nSPS) is 11.0. The number of imidazole rings is 1. The maximum Gasteiger partial charge on any atom is 0.140 e. The predicted molar refractivity (Wildman–Crippen MR) is 80.4 cm³/mol. The fourth-order valence-electron chi connectivity index (χ4n) is 2.03. The fourth-order valence-corrected chi connectivity index (χ4v) is 2.87. The first kappa shape index (κ1) is 13.8. The summed E-state index contributed by atoms with van der Waals surface area (Å²) in [5.41, 5.74) is 1.79. The van der Waals surface area contributed by atoms with Crippen molar-refractivity contribution < 1.29 is 8.78 Å². The van der Waals surface area contributed by atoms with E-state index in [9.17, 15) is 8.78 Å². The lowest BCUT2D eigenvalue weighted by Gasteiger charge is -2.06. The predicted octanol–water partition coefficient (Wildman–Crippen LogP) is 4.80. The highest BCUT2D eigenvalue weighted by molar-refractivity contribution is 7.99. The van der Waals surface area contributed by atoms with Crippen molar-refractivity contribution in [2.75, 3.05) is 0 Å². The molecule has 0 saturated carbocycles. The number of benzene rings is 1. The van der Waals surface area contributed by atoms with E-state index in [-0.39, 0.29) is 0 Å². The molecule has 2 aromatic heterocycles. The Bertz CT molecular complexity index is 839. The summed E-state index contributed by atoms with van der Waals surface area (Å²) in [7, 11) is 0. The number of halogens is 2. The minimum Gasteiger partial charge on any atom is -0.299 e. The zero-order valence-corrected chi connectivity index (χ0v) is 12.1. The van der Waals surface area contributed by atoms with Crippen LogP contribution in [0.2, 0.25) is 0 Å². The fraction of sp³-hybridized carbons (Fsp3) is 0.0625. The van der Waals surface area contributed by atoms with Gasteiger partial charge < -0.3 is 0 Å². The molecule has 2 nitrogen and oxygen atoms in total. The first-order valence-corrected chi connectivity index (χ1v) is 7.12. The second-order valence-electron chi connectivity index (χ2n) is 4.70. The maximum atomic E-state index is 13.7. The summed E-state index contributed by atoms with van der Waals surface area (Å²) in [6.07, 6.45) is 3.64. The number of fused-ring (bicyclic) bond motifs is 1. The first-order chi connectivity index (χ1) is 10.0. The van der Waals surface area contributed by atoms with Crippen LogP contribution in [0.25, 0.3) is 11.1 Å². The van der Waals surface area contributed by atoms with Crippen molar-refractivity contribution in [3.63, 3.8) is 0 Å². The van der Waals surface area contributed by atoms with Gasteiger partial charge in [0.05, 0.1) is 11.7 Å². The molecule has 0 fully saturated rings. The van der Waals surface area contributed by atoms with Gasteiger partial charge in [-0.1, -0.05) is 18.3 Å². The van der Waals surface area contributed by atoms with Crippen LogP contribution >= 0.6 is 11.8 Å². The second kappa shape index (κ2) is 5.33. The molecule has 5 heteroatoms. The molecule has 0 radical (unpaired) electrons. The van der Waals surface area contributed by atoms with E-state index in [1.165, 1.54) is 23.9 Å². The van der Waals surface area contributed by atoms with Gasteiger partial charge >= 0.3 is 0 Å². The van der Waals surface area contributed by atoms with Gasteiger partial charge in [0, 0.05) is 22.1 Å². The number of hydrogen-bond donors (Lipinski definition) is 0. The molecule has 3 aromatic rings. The van der Waals surface area contributed by atoms with Crippen LogP contribution in [0.3, 0.4) is 0 Å². The van der Waals surface area contributed by atoms with E-state index >= 15 is 0 Å². The van der Waals surface area contributed by atoms with E-state index in [1.807, 2.05) is 29.7 Å². The Morgan fingerprint density at radius 2 is 2.05 bits per heavy atom. The van der Waals surface area contributed by atoms with E-state index in [2.05, 4.69) is 11.6 Å². The average Bonchev–Trinajstić information content (AvgIpc) is 2.85. The Balaban J connectivity index is 2.00. The van der Waals surface area contributed by atoms with Gasteiger partial charge in [0.1, 0.15) is 17.5 Å². The van der Waals surface area contributed by atoms with Crippen LogP contribution in [0, 0.1) is 11.6 Å². The number of aromatic nitrogens is 2. The lowest BCUT2D eigenvalue weighted by molar-refractivity contribution is 0.565. The van der Waals surface area contributed by atoms with Crippen LogP contribution < -0.4 is 0 Å².